The van der Waals surface area contributed by atoms with Crippen LogP contribution in [0.1, 0.15) is 16.4 Å². The molecule has 0 heterocycles. The van der Waals surface area contributed by atoms with Crippen LogP contribution in [0, 0.1) is 0 Å². The van der Waals surface area contributed by atoms with Gasteiger partial charge in [0.05, 0.1) is 5.25 Å². The van der Waals surface area contributed by atoms with Crippen LogP contribution in [0.15, 0.2) is 42.5 Å². The van der Waals surface area contributed by atoms with Crippen molar-refractivity contribution in [3.05, 3.63) is 53.6 Å². The van der Waals surface area contributed by atoms with Crippen molar-refractivity contribution in [2.24, 2.45) is 0 Å². The van der Waals surface area contributed by atoms with Crippen LogP contribution in [0.5, 0.6) is 0 Å². The molecular formula is C13H9AlO3S-. The van der Waals surface area contributed by atoms with Crippen LogP contribution in [-0.4, -0.2) is 25.0 Å². The van der Waals surface area contributed by atoms with Gasteiger partial charge < -0.3 is 4.55 Å². The van der Waals surface area contributed by atoms with Crippen LogP contribution in [-0.2, 0) is 14.9 Å². The Hall–Kier alpha value is -1.12. The second kappa shape index (κ2) is 5.68. The Bertz CT molecular complexity index is 634. The van der Waals surface area contributed by atoms with Crippen LogP contribution in [0.4, 0.5) is 0 Å². The van der Waals surface area contributed by atoms with E-state index in [0.29, 0.717) is 0 Å². The van der Waals surface area contributed by atoms with Crippen molar-refractivity contribution in [2.75, 3.05) is 0 Å². The predicted molar refractivity (Wildman–Crippen MR) is 71.1 cm³/mol. The Labute approximate surface area is 115 Å². The molecule has 2 aromatic rings. The summed E-state index contributed by atoms with van der Waals surface area (Å²) in [6.45, 7) is 0. The third-order valence-electron chi connectivity index (χ3n) is 2.93. The first-order valence-electron chi connectivity index (χ1n) is 5.29. The number of hydrogen-bond donors (Lipinski definition) is 0. The van der Waals surface area contributed by atoms with Gasteiger partial charge in [0.25, 0.3) is 0 Å². The van der Waals surface area contributed by atoms with Crippen LogP contribution in [0.25, 0.3) is 16.8 Å². The van der Waals surface area contributed by atoms with Gasteiger partial charge in [-0.15, -0.1) is 0 Å². The fraction of sp³-hybridized carbons (Fsp3) is 0.0769. The molecule has 0 amide bonds. The predicted octanol–water partition coefficient (Wildman–Crippen LogP) is 2.29. The molecule has 3 rings (SSSR count). The summed E-state index contributed by atoms with van der Waals surface area (Å²) in [5.74, 6) is 0. The molecule has 2 aromatic carbocycles. The third-order valence-corrected chi connectivity index (χ3v) is 3.76. The number of rotatable bonds is 1. The van der Waals surface area contributed by atoms with E-state index < -0.39 is 16.3 Å². The maximum absolute atomic E-state index is 11.2. The maximum atomic E-state index is 11.2. The first-order valence-corrected chi connectivity index (χ1v) is 6.90. The fourth-order valence-electron chi connectivity index (χ4n) is 2.24. The zero-order valence-electron chi connectivity index (χ0n) is 9.41. The van der Waals surface area contributed by atoms with E-state index in [9.17, 15) is 8.76 Å². The van der Waals surface area contributed by atoms with Crippen molar-refractivity contribution in [2.45, 2.75) is 5.25 Å². The second-order valence-corrected chi connectivity index (χ2v) is 4.86. The summed E-state index contributed by atoms with van der Waals surface area (Å²) in [6.07, 6.45) is 3.62. The van der Waals surface area contributed by atoms with Crippen molar-refractivity contribution in [3.8, 4) is 0 Å². The van der Waals surface area contributed by atoms with E-state index in [1.807, 2.05) is 42.5 Å². The summed E-state index contributed by atoms with van der Waals surface area (Å²) >= 11 is -0.936. The molecule has 1 radical (unpaired) electrons. The third kappa shape index (κ3) is 2.23. The molecule has 0 bridgehead atoms. The van der Waals surface area contributed by atoms with Crippen LogP contribution in [0.2, 0.25) is 0 Å². The minimum atomic E-state index is -2.10. The Kier molecular flexibility index (Phi) is 4.20. The summed E-state index contributed by atoms with van der Waals surface area (Å²) in [7, 11) is 0. The van der Waals surface area contributed by atoms with Crippen LogP contribution < -0.4 is 0 Å². The van der Waals surface area contributed by atoms with Gasteiger partial charge in [-0.05, 0) is 33.0 Å². The SMILES string of the molecule is O=S([O-])C1C=Cc2cccc3cccc1c23.[O]=[Al]. The van der Waals surface area contributed by atoms with Gasteiger partial charge in [-0.1, -0.05) is 48.6 Å². The van der Waals surface area contributed by atoms with E-state index in [2.05, 4.69) is 0 Å². The van der Waals surface area contributed by atoms with Crippen molar-refractivity contribution < 1.29 is 12.6 Å². The van der Waals surface area contributed by atoms with Gasteiger partial charge >= 0.3 is 20.0 Å². The summed E-state index contributed by atoms with van der Waals surface area (Å²) < 4.78 is 30.5. The summed E-state index contributed by atoms with van der Waals surface area (Å²) in [5.41, 5.74) is 1.97. The van der Waals surface area contributed by atoms with Gasteiger partial charge in [0.1, 0.15) is 0 Å². The van der Waals surface area contributed by atoms with Crippen molar-refractivity contribution in [3.63, 3.8) is 0 Å². The van der Waals surface area contributed by atoms with Gasteiger partial charge in [0, 0.05) is 0 Å². The zero-order chi connectivity index (χ0) is 13.1. The molecule has 3 nitrogen and oxygen atoms in total. The molecule has 2 atom stereocenters. The van der Waals surface area contributed by atoms with E-state index in [4.69, 9.17) is 3.80 Å². The summed E-state index contributed by atoms with van der Waals surface area (Å²) in [4.78, 5) is 0. The fourth-order valence-corrected chi connectivity index (χ4v) is 2.85. The first-order chi connectivity index (χ1) is 8.77. The van der Waals surface area contributed by atoms with Crippen LogP contribution >= 0.6 is 0 Å². The van der Waals surface area contributed by atoms with Crippen molar-refractivity contribution >= 4 is 44.2 Å². The Morgan fingerprint density at radius 3 is 2.44 bits per heavy atom. The quantitative estimate of drug-likeness (QED) is 0.591. The molecule has 0 N–H and O–H groups in total. The molecular weight excluding hydrogens is 263 g/mol. The molecule has 0 spiro atoms. The molecule has 2 unspecified atom stereocenters. The van der Waals surface area contributed by atoms with Crippen molar-refractivity contribution in [1.82, 2.24) is 0 Å². The van der Waals surface area contributed by atoms with Gasteiger partial charge in [-0.25, -0.2) is 0 Å². The average molecular weight is 272 g/mol. The zero-order valence-corrected chi connectivity index (χ0v) is 11.4. The summed E-state index contributed by atoms with van der Waals surface area (Å²) in [6, 6.07) is 11.8. The van der Waals surface area contributed by atoms with E-state index in [1.165, 1.54) is 16.2 Å². The van der Waals surface area contributed by atoms with Gasteiger partial charge in [-0.3, -0.25) is 4.21 Å². The van der Waals surface area contributed by atoms with E-state index in [-0.39, 0.29) is 0 Å². The molecule has 1 aliphatic rings. The Morgan fingerprint density at radius 1 is 1.11 bits per heavy atom. The molecule has 0 fully saturated rings. The van der Waals surface area contributed by atoms with Gasteiger partial charge in [-0.2, -0.15) is 0 Å². The summed E-state index contributed by atoms with van der Waals surface area (Å²) in [5, 5.41) is 1.63. The molecule has 1 aliphatic carbocycles. The topological polar surface area (TPSA) is 57.2 Å². The second-order valence-electron chi connectivity index (χ2n) is 3.83. The molecule has 5 heteroatoms. The Morgan fingerprint density at radius 2 is 1.78 bits per heavy atom. The molecule has 0 aromatic heterocycles. The normalized spacial score (nSPS) is 17.9. The monoisotopic (exact) mass is 272 g/mol. The molecule has 0 saturated heterocycles. The minimum absolute atomic E-state index is 0.515. The van der Waals surface area contributed by atoms with Crippen LogP contribution in [0.3, 0.4) is 0 Å². The van der Waals surface area contributed by atoms with E-state index >= 15 is 0 Å². The van der Waals surface area contributed by atoms with E-state index in [0.717, 1.165) is 21.9 Å². The molecule has 0 saturated carbocycles. The van der Waals surface area contributed by atoms with E-state index in [1.54, 1.807) is 6.08 Å². The first kappa shape index (κ1) is 13.3. The number of hydrogen-bond acceptors (Lipinski definition) is 3. The Balaban J connectivity index is 0.000000574. The molecule has 0 aliphatic heterocycles. The standard InChI is InChI=1S/C13H10O2S.Al.O/c14-16(15)12-8-7-10-4-1-3-9-5-2-6-11(12)13(9)10;;/h1-8,12H,(H,14,15);;/p-1. The van der Waals surface area contributed by atoms with Gasteiger partial charge in [0.2, 0.25) is 0 Å². The molecule has 18 heavy (non-hydrogen) atoms. The van der Waals surface area contributed by atoms with Crippen molar-refractivity contribution in [1.29, 1.82) is 0 Å². The molecule has 89 valence electrons. The van der Waals surface area contributed by atoms with Gasteiger partial charge in [0.15, 0.2) is 0 Å². The average Bonchev–Trinajstić information content (AvgIpc) is 2.42. The number of benzene rings is 2.